The van der Waals surface area contributed by atoms with Gasteiger partial charge in [0.1, 0.15) is 16.1 Å². The molecule has 0 saturated heterocycles. The number of anilines is 1. The van der Waals surface area contributed by atoms with Crippen LogP contribution >= 0.6 is 11.3 Å². The van der Waals surface area contributed by atoms with Gasteiger partial charge in [-0.05, 0) is 55.6 Å². The summed E-state index contributed by atoms with van der Waals surface area (Å²) >= 11 is 1.13. The second-order valence-electron chi connectivity index (χ2n) is 10.3. The number of likely N-dealkylation sites (N-methyl/N-ethyl adjacent to an activating group) is 1. The molecule has 1 aliphatic rings. The molecule has 0 radical (unpaired) electrons. The summed E-state index contributed by atoms with van der Waals surface area (Å²) in [6, 6.07) is 13.9. The molecule has 3 aromatic rings. The maximum Gasteiger partial charge on any atom is 0.261 e. The number of ether oxygens (including phenoxy) is 1. The number of aliphatic hydroxyl groups is 1. The van der Waals surface area contributed by atoms with Crippen molar-refractivity contribution in [2.24, 2.45) is 5.92 Å². The number of aliphatic hydroxyl groups excluding tert-OH is 1. The van der Waals surface area contributed by atoms with Crippen molar-refractivity contribution in [1.29, 1.82) is 0 Å². The van der Waals surface area contributed by atoms with E-state index in [0.717, 1.165) is 16.9 Å². The van der Waals surface area contributed by atoms with Gasteiger partial charge in [0.05, 0.1) is 30.5 Å². The summed E-state index contributed by atoms with van der Waals surface area (Å²) < 4.78 is 62.7. The number of rotatable bonds is 9. The first-order valence-electron chi connectivity index (χ1n) is 13.1. The third-order valence-electron chi connectivity index (χ3n) is 7.10. The van der Waals surface area contributed by atoms with Gasteiger partial charge in [-0.15, -0.1) is 11.3 Å². The van der Waals surface area contributed by atoms with Crippen LogP contribution in [-0.4, -0.2) is 75.9 Å². The molecular weight excluding hydrogens is 587 g/mol. The minimum Gasteiger partial charge on any atom is -0.488 e. The molecule has 1 aromatic heterocycles. The van der Waals surface area contributed by atoms with Crippen LogP contribution in [0.15, 0.2) is 69.1 Å². The van der Waals surface area contributed by atoms with E-state index >= 15 is 0 Å². The lowest BCUT2D eigenvalue weighted by atomic mass is 10.0. The zero-order chi connectivity index (χ0) is 29.9. The summed E-state index contributed by atoms with van der Waals surface area (Å²) in [6.45, 7) is 5.47. The number of carbonyl (C=O) groups excluding carboxylic acids is 1. The van der Waals surface area contributed by atoms with E-state index in [4.69, 9.17) is 4.74 Å². The second kappa shape index (κ2) is 12.5. The van der Waals surface area contributed by atoms with E-state index in [1.807, 2.05) is 13.8 Å². The molecule has 0 spiro atoms. The van der Waals surface area contributed by atoms with Crippen molar-refractivity contribution in [3.05, 3.63) is 71.1 Å². The summed E-state index contributed by atoms with van der Waals surface area (Å²) in [5.41, 5.74) is 1.62. The number of nitrogens with one attached hydrogen (secondary N) is 1. The van der Waals surface area contributed by atoms with Crippen LogP contribution in [0.2, 0.25) is 0 Å². The van der Waals surface area contributed by atoms with Crippen LogP contribution in [0.3, 0.4) is 0 Å². The number of aryl methyl sites for hydroxylation is 1. The second-order valence-corrected chi connectivity index (χ2v) is 15.2. The van der Waals surface area contributed by atoms with E-state index in [2.05, 4.69) is 4.72 Å². The molecule has 0 bridgehead atoms. The number of amides is 1. The molecule has 0 unspecified atom stereocenters. The van der Waals surface area contributed by atoms with Crippen LogP contribution < -0.4 is 9.46 Å². The number of nitrogens with zero attached hydrogens (tertiary/aromatic N) is 2. The Hall–Kier alpha value is -2.97. The Kier molecular flexibility index (Phi) is 9.44. The van der Waals surface area contributed by atoms with E-state index < -0.39 is 32.2 Å². The Morgan fingerprint density at radius 1 is 1.15 bits per heavy atom. The number of fused-ring (bicyclic) bond motifs is 1. The van der Waals surface area contributed by atoms with Gasteiger partial charge >= 0.3 is 0 Å². The van der Waals surface area contributed by atoms with Gasteiger partial charge in [0.25, 0.3) is 20.0 Å². The molecule has 4 rings (SSSR count). The lowest BCUT2D eigenvalue weighted by Crippen LogP contribution is -2.48. The molecule has 2 N–H and O–H groups in total. The predicted molar refractivity (Wildman–Crippen MR) is 158 cm³/mol. The van der Waals surface area contributed by atoms with E-state index in [-0.39, 0.29) is 52.7 Å². The molecule has 0 fully saturated rings. The minimum absolute atomic E-state index is 0.0121. The normalized spacial score (nSPS) is 19.1. The monoisotopic (exact) mass is 621 g/mol. The van der Waals surface area contributed by atoms with Crippen LogP contribution in [0.5, 0.6) is 5.75 Å². The smallest absolute Gasteiger partial charge is 0.261 e. The molecule has 0 aliphatic carbocycles. The number of sulfonamides is 2. The highest BCUT2D eigenvalue weighted by Gasteiger charge is 2.34. The van der Waals surface area contributed by atoms with E-state index in [1.165, 1.54) is 23.5 Å². The number of carbonyl (C=O) groups is 1. The molecule has 41 heavy (non-hydrogen) atoms. The van der Waals surface area contributed by atoms with Crippen LogP contribution in [0.25, 0.3) is 0 Å². The molecular formula is C28H35N3O7S3. The van der Waals surface area contributed by atoms with Crippen molar-refractivity contribution in [2.75, 3.05) is 31.5 Å². The molecule has 13 heteroatoms. The van der Waals surface area contributed by atoms with E-state index in [1.54, 1.807) is 59.7 Å². The summed E-state index contributed by atoms with van der Waals surface area (Å²) in [5.74, 6) is -0.212. The average Bonchev–Trinajstić information content (AvgIpc) is 3.48. The molecule has 2 heterocycles. The van der Waals surface area contributed by atoms with Crippen molar-refractivity contribution in [3.8, 4) is 5.75 Å². The Bertz CT molecular complexity index is 1570. The summed E-state index contributed by atoms with van der Waals surface area (Å²) in [6.07, 6.45) is -0.745. The van der Waals surface area contributed by atoms with Crippen LogP contribution in [-0.2, 0) is 31.3 Å². The van der Waals surface area contributed by atoms with Crippen LogP contribution in [0.1, 0.15) is 25.0 Å². The van der Waals surface area contributed by atoms with Crippen molar-refractivity contribution >= 4 is 43.0 Å². The SMILES string of the molecule is Cc1ccc(S(=O)(=O)Nc2ccc3c(c2)CC(=O)N([C@H](C)CO)C[C@H](C)[C@@H](CN(C)S(=O)(=O)c2cccs2)O3)cc1. The van der Waals surface area contributed by atoms with Crippen molar-refractivity contribution in [2.45, 2.75) is 48.4 Å². The van der Waals surface area contributed by atoms with Gasteiger partial charge in [0, 0.05) is 30.8 Å². The number of hydrogen-bond donors (Lipinski definition) is 2. The van der Waals surface area contributed by atoms with Crippen LogP contribution in [0.4, 0.5) is 5.69 Å². The summed E-state index contributed by atoms with van der Waals surface area (Å²) in [5, 5.41) is 11.5. The standard InChI is InChI=1S/C28H35N3O7S3/c1-19-7-10-24(11-8-19)40(34,35)29-23-9-12-25-22(14-23)15-27(33)31(21(3)18-32)16-20(2)26(38-25)17-30(4)41(36,37)28-6-5-13-39-28/h5-14,20-21,26,29,32H,15-18H2,1-4H3/t20-,21+,26+/m0/s1. The lowest BCUT2D eigenvalue weighted by Gasteiger charge is -2.33. The maximum absolute atomic E-state index is 13.4. The highest BCUT2D eigenvalue weighted by atomic mass is 32.2. The van der Waals surface area contributed by atoms with Gasteiger partial charge in [0.15, 0.2) is 0 Å². The highest BCUT2D eigenvalue weighted by molar-refractivity contribution is 7.92. The number of benzene rings is 2. The van der Waals surface area contributed by atoms with Crippen molar-refractivity contribution < 1.29 is 31.5 Å². The molecule has 2 aromatic carbocycles. The Balaban J connectivity index is 1.68. The molecule has 3 atom stereocenters. The quantitative estimate of drug-likeness (QED) is 0.375. The first-order valence-corrected chi connectivity index (χ1v) is 16.9. The van der Waals surface area contributed by atoms with Crippen molar-refractivity contribution in [1.82, 2.24) is 9.21 Å². The van der Waals surface area contributed by atoms with Gasteiger partial charge in [-0.1, -0.05) is 30.7 Å². The number of thiophene rings is 1. The lowest BCUT2D eigenvalue weighted by molar-refractivity contribution is -0.134. The fourth-order valence-electron chi connectivity index (χ4n) is 4.56. The predicted octanol–water partition coefficient (Wildman–Crippen LogP) is 3.33. The molecule has 1 amide bonds. The van der Waals surface area contributed by atoms with Crippen LogP contribution in [0, 0.1) is 12.8 Å². The first kappa shape index (κ1) is 31.0. The molecule has 10 nitrogen and oxygen atoms in total. The summed E-state index contributed by atoms with van der Waals surface area (Å²) in [7, 11) is -6.15. The fraction of sp³-hybridized carbons (Fsp3) is 0.393. The average molecular weight is 622 g/mol. The Labute approximate surface area is 245 Å². The van der Waals surface area contributed by atoms with Gasteiger partial charge in [0.2, 0.25) is 5.91 Å². The molecule has 1 aliphatic heterocycles. The zero-order valence-corrected chi connectivity index (χ0v) is 25.8. The van der Waals surface area contributed by atoms with Gasteiger partial charge in [-0.2, -0.15) is 4.31 Å². The summed E-state index contributed by atoms with van der Waals surface area (Å²) in [4.78, 5) is 15.1. The topological polar surface area (TPSA) is 133 Å². The Morgan fingerprint density at radius 2 is 1.85 bits per heavy atom. The minimum atomic E-state index is -3.89. The Morgan fingerprint density at radius 3 is 2.49 bits per heavy atom. The fourth-order valence-corrected chi connectivity index (χ4v) is 7.99. The zero-order valence-electron chi connectivity index (χ0n) is 23.3. The van der Waals surface area contributed by atoms with Gasteiger partial charge in [-0.25, -0.2) is 16.8 Å². The first-order chi connectivity index (χ1) is 19.3. The molecule has 0 saturated carbocycles. The van der Waals surface area contributed by atoms with E-state index in [9.17, 15) is 26.7 Å². The third-order valence-corrected chi connectivity index (χ3v) is 11.7. The largest absolute Gasteiger partial charge is 0.488 e. The molecule has 222 valence electrons. The maximum atomic E-state index is 13.4. The van der Waals surface area contributed by atoms with E-state index in [0.29, 0.717) is 11.3 Å². The van der Waals surface area contributed by atoms with Gasteiger partial charge < -0.3 is 14.7 Å². The highest BCUT2D eigenvalue weighted by Crippen LogP contribution is 2.31. The third kappa shape index (κ3) is 7.09. The van der Waals surface area contributed by atoms with Gasteiger partial charge in [-0.3, -0.25) is 9.52 Å². The van der Waals surface area contributed by atoms with Crippen molar-refractivity contribution in [3.63, 3.8) is 0 Å². The number of hydrogen-bond acceptors (Lipinski definition) is 8.